The van der Waals surface area contributed by atoms with Crippen LogP contribution in [-0.4, -0.2) is 42.1 Å². The first-order chi connectivity index (χ1) is 15.9. The maximum atomic E-state index is 13.9. The Bertz CT molecular complexity index is 1070. The highest BCUT2D eigenvalue weighted by molar-refractivity contribution is 6.10. The van der Waals surface area contributed by atoms with E-state index in [1.54, 1.807) is 57.2 Å². The summed E-state index contributed by atoms with van der Waals surface area (Å²) in [5.74, 6) is -0.226. The number of hydrogen-bond donors (Lipinski definition) is 1. The number of rotatable bonds is 5. The van der Waals surface area contributed by atoms with E-state index in [4.69, 9.17) is 4.74 Å². The number of alkyl carbamates (subject to hydrolysis) is 1. The maximum absolute atomic E-state index is 13.9. The Morgan fingerprint density at radius 1 is 1.12 bits per heavy atom. The van der Waals surface area contributed by atoms with Gasteiger partial charge in [-0.25, -0.2) is 4.79 Å². The monoisotopic (exact) mass is 475 g/mol. The zero-order valence-corrected chi connectivity index (χ0v) is 19.4. The van der Waals surface area contributed by atoms with Crippen molar-refractivity contribution in [2.24, 2.45) is 5.92 Å². The van der Waals surface area contributed by atoms with Gasteiger partial charge in [0.1, 0.15) is 5.60 Å². The zero-order chi connectivity index (χ0) is 24.7. The third-order valence-corrected chi connectivity index (χ3v) is 5.85. The van der Waals surface area contributed by atoms with Crippen molar-refractivity contribution in [3.8, 4) is 0 Å². The van der Waals surface area contributed by atoms with Crippen molar-refractivity contribution in [3.63, 3.8) is 0 Å². The number of ether oxygens (including phenoxy) is 1. The molecule has 4 rings (SSSR count). The Labute approximate surface area is 196 Å². The number of carbonyl (C=O) groups is 2. The smallest absolute Gasteiger partial charge is 0.416 e. The van der Waals surface area contributed by atoms with Crippen LogP contribution >= 0.6 is 0 Å². The van der Waals surface area contributed by atoms with Crippen molar-refractivity contribution in [1.29, 1.82) is 0 Å². The number of fused-ring (bicyclic) bond motifs is 1. The molecule has 2 heterocycles. The fourth-order valence-electron chi connectivity index (χ4n) is 4.36. The van der Waals surface area contributed by atoms with Gasteiger partial charge in [-0.05, 0) is 56.2 Å². The lowest BCUT2D eigenvalue weighted by molar-refractivity contribution is -0.138. The van der Waals surface area contributed by atoms with E-state index in [1.165, 1.54) is 4.90 Å². The molecule has 2 aliphatic rings. The molecule has 0 aliphatic carbocycles. The van der Waals surface area contributed by atoms with Crippen LogP contribution in [0.1, 0.15) is 47.8 Å². The van der Waals surface area contributed by atoms with Crippen molar-refractivity contribution in [3.05, 3.63) is 64.7 Å². The molecule has 0 unspecified atom stereocenters. The largest absolute Gasteiger partial charge is 0.444 e. The van der Waals surface area contributed by atoms with Gasteiger partial charge >= 0.3 is 12.3 Å². The molecule has 2 amide bonds. The van der Waals surface area contributed by atoms with E-state index in [-0.39, 0.29) is 23.6 Å². The zero-order valence-electron chi connectivity index (χ0n) is 19.4. The van der Waals surface area contributed by atoms with Gasteiger partial charge in [-0.2, -0.15) is 13.2 Å². The standard InChI is InChI=1S/C25H28F3N3O3/c1-24(2,3)34-23(33)29-11-17-13-30(14-17)12-16-9-19-20(21(10-16)25(26,27)28)15-31(22(19)32)18-7-5-4-6-8-18/h4-10,17H,11-15H2,1-3H3,(H,29,33). The number of amides is 2. The highest BCUT2D eigenvalue weighted by Crippen LogP contribution is 2.39. The van der Waals surface area contributed by atoms with E-state index < -0.39 is 29.3 Å². The fraction of sp³-hybridized carbons (Fsp3) is 0.440. The summed E-state index contributed by atoms with van der Waals surface area (Å²) in [5, 5.41) is 2.73. The summed E-state index contributed by atoms with van der Waals surface area (Å²) in [6.07, 6.45) is -5.04. The lowest BCUT2D eigenvalue weighted by Crippen LogP contribution is -2.51. The van der Waals surface area contributed by atoms with Crippen LogP contribution in [0.3, 0.4) is 0 Å². The van der Waals surface area contributed by atoms with E-state index >= 15 is 0 Å². The second kappa shape index (κ2) is 8.94. The lowest BCUT2D eigenvalue weighted by atomic mass is 9.96. The van der Waals surface area contributed by atoms with Crippen molar-refractivity contribution >= 4 is 17.7 Å². The third kappa shape index (κ3) is 5.35. The summed E-state index contributed by atoms with van der Waals surface area (Å²) in [6.45, 7) is 7.27. The van der Waals surface area contributed by atoms with E-state index in [0.717, 1.165) is 6.07 Å². The van der Waals surface area contributed by atoms with Crippen LogP contribution in [0.15, 0.2) is 42.5 Å². The minimum Gasteiger partial charge on any atom is -0.444 e. The molecule has 2 aromatic carbocycles. The van der Waals surface area contributed by atoms with Gasteiger partial charge in [-0.15, -0.1) is 0 Å². The first-order valence-corrected chi connectivity index (χ1v) is 11.2. The fourth-order valence-corrected chi connectivity index (χ4v) is 4.36. The average Bonchev–Trinajstić information content (AvgIpc) is 3.04. The summed E-state index contributed by atoms with van der Waals surface area (Å²) in [6, 6.07) is 11.5. The number of benzene rings is 2. The molecule has 0 atom stereocenters. The topological polar surface area (TPSA) is 61.9 Å². The summed E-state index contributed by atoms with van der Waals surface area (Å²) < 4.78 is 46.8. The van der Waals surface area contributed by atoms with E-state index in [2.05, 4.69) is 5.32 Å². The van der Waals surface area contributed by atoms with Crippen molar-refractivity contribution in [2.45, 2.75) is 45.6 Å². The van der Waals surface area contributed by atoms with Crippen LogP contribution in [0.5, 0.6) is 0 Å². The molecule has 0 spiro atoms. The summed E-state index contributed by atoms with van der Waals surface area (Å²) in [5.41, 5.74) is -0.178. The Morgan fingerprint density at radius 3 is 2.41 bits per heavy atom. The number of nitrogens with one attached hydrogen (secondary N) is 1. The molecule has 0 saturated carbocycles. The predicted molar refractivity (Wildman–Crippen MR) is 121 cm³/mol. The van der Waals surface area contributed by atoms with Gasteiger partial charge in [-0.1, -0.05) is 18.2 Å². The van der Waals surface area contributed by atoms with Gasteiger partial charge in [0.15, 0.2) is 0 Å². The first-order valence-electron chi connectivity index (χ1n) is 11.2. The second-order valence-electron chi connectivity index (χ2n) is 9.84. The average molecular weight is 476 g/mol. The predicted octanol–water partition coefficient (Wildman–Crippen LogP) is 4.82. The molecule has 2 aromatic rings. The maximum Gasteiger partial charge on any atom is 0.416 e. The van der Waals surface area contributed by atoms with E-state index in [9.17, 15) is 22.8 Å². The molecular formula is C25H28F3N3O3. The molecule has 1 fully saturated rings. The number of nitrogens with zero attached hydrogens (tertiary/aromatic N) is 2. The normalized spacial score (nSPS) is 16.9. The minimum absolute atomic E-state index is 0.0214. The molecule has 1 saturated heterocycles. The third-order valence-electron chi connectivity index (χ3n) is 5.85. The molecule has 0 bridgehead atoms. The van der Waals surface area contributed by atoms with Gasteiger partial charge in [-0.3, -0.25) is 9.69 Å². The number of halogens is 3. The molecule has 34 heavy (non-hydrogen) atoms. The Morgan fingerprint density at radius 2 is 1.79 bits per heavy atom. The van der Waals surface area contributed by atoms with E-state index in [0.29, 0.717) is 37.4 Å². The molecule has 1 N–H and O–H groups in total. The summed E-state index contributed by atoms with van der Waals surface area (Å²) >= 11 is 0. The molecule has 2 aliphatic heterocycles. The molecular weight excluding hydrogens is 447 g/mol. The molecule has 182 valence electrons. The number of alkyl halides is 3. The van der Waals surface area contributed by atoms with Gasteiger partial charge in [0.05, 0.1) is 12.1 Å². The Balaban J connectivity index is 1.43. The van der Waals surface area contributed by atoms with Crippen molar-refractivity contribution in [1.82, 2.24) is 10.2 Å². The Hall–Kier alpha value is -3.07. The van der Waals surface area contributed by atoms with Crippen LogP contribution in [-0.2, 0) is 24.0 Å². The van der Waals surface area contributed by atoms with E-state index in [1.807, 2.05) is 4.90 Å². The van der Waals surface area contributed by atoms with Gasteiger partial charge in [0, 0.05) is 43.3 Å². The molecule has 9 heteroatoms. The summed E-state index contributed by atoms with van der Waals surface area (Å²) in [7, 11) is 0. The molecule has 0 aromatic heterocycles. The van der Waals surface area contributed by atoms with Crippen LogP contribution in [0.4, 0.5) is 23.7 Å². The number of para-hydroxylation sites is 1. The SMILES string of the molecule is CC(C)(C)OC(=O)NCC1CN(Cc2cc3c(c(C(F)(F)F)c2)CN(c2ccccc2)C3=O)C1. The van der Waals surface area contributed by atoms with Crippen LogP contribution < -0.4 is 10.2 Å². The van der Waals surface area contributed by atoms with Crippen molar-refractivity contribution in [2.75, 3.05) is 24.5 Å². The highest BCUT2D eigenvalue weighted by atomic mass is 19.4. The molecule has 0 radical (unpaired) electrons. The van der Waals surface area contributed by atoms with Crippen molar-refractivity contribution < 1.29 is 27.5 Å². The van der Waals surface area contributed by atoms with Crippen LogP contribution in [0.25, 0.3) is 0 Å². The highest BCUT2D eigenvalue weighted by Gasteiger charge is 2.41. The van der Waals surface area contributed by atoms with Gasteiger partial charge in [0.2, 0.25) is 0 Å². The summed E-state index contributed by atoms with van der Waals surface area (Å²) in [4.78, 5) is 28.2. The number of likely N-dealkylation sites (tertiary alicyclic amines) is 1. The lowest BCUT2D eigenvalue weighted by Gasteiger charge is -2.39. The quantitative estimate of drug-likeness (QED) is 0.674. The number of hydrogen-bond acceptors (Lipinski definition) is 4. The Kier molecular flexibility index (Phi) is 6.33. The number of carbonyl (C=O) groups excluding carboxylic acids is 2. The van der Waals surface area contributed by atoms with Gasteiger partial charge in [0.25, 0.3) is 5.91 Å². The van der Waals surface area contributed by atoms with Crippen LogP contribution in [0, 0.1) is 5.92 Å². The second-order valence-corrected chi connectivity index (χ2v) is 9.84. The van der Waals surface area contributed by atoms with Crippen LogP contribution in [0.2, 0.25) is 0 Å². The first kappa shape index (κ1) is 24.1. The minimum atomic E-state index is -4.55. The molecule has 6 nitrogen and oxygen atoms in total. The number of anilines is 1. The van der Waals surface area contributed by atoms with Gasteiger partial charge < -0.3 is 15.0 Å².